The van der Waals surface area contributed by atoms with Crippen molar-refractivity contribution in [3.63, 3.8) is 0 Å². The van der Waals surface area contributed by atoms with Gasteiger partial charge in [0.2, 0.25) is 0 Å². The van der Waals surface area contributed by atoms with Crippen LogP contribution in [0.3, 0.4) is 0 Å². The van der Waals surface area contributed by atoms with Gasteiger partial charge in [0.15, 0.2) is 0 Å². The Bertz CT molecular complexity index is 91.1. The van der Waals surface area contributed by atoms with Gasteiger partial charge in [-0.25, -0.2) is 0 Å². The van der Waals surface area contributed by atoms with Gasteiger partial charge in [0.25, 0.3) is 0 Å². The second-order valence-electron chi connectivity index (χ2n) is 3.97. The van der Waals surface area contributed by atoms with Crippen LogP contribution in [-0.2, 0) is 0 Å². The first-order valence-corrected chi connectivity index (χ1v) is 3.61. The molecule has 0 aliphatic rings. The molecule has 0 saturated heterocycles. The normalized spacial score (nSPS) is 13.6. The summed E-state index contributed by atoms with van der Waals surface area (Å²) < 4.78 is 0. The summed E-state index contributed by atoms with van der Waals surface area (Å²) in [4.78, 5) is 0. The van der Waals surface area contributed by atoms with Crippen molar-refractivity contribution < 1.29 is 0 Å². The first-order chi connectivity index (χ1) is 3.92. The van der Waals surface area contributed by atoms with E-state index in [-0.39, 0.29) is 0 Å². The van der Waals surface area contributed by atoms with Crippen molar-refractivity contribution in [3.05, 3.63) is 12.2 Å². The van der Waals surface area contributed by atoms with E-state index >= 15 is 0 Å². The van der Waals surface area contributed by atoms with Crippen molar-refractivity contribution >= 4 is 0 Å². The third-order valence-electron chi connectivity index (χ3n) is 0.981. The first-order valence-electron chi connectivity index (χ1n) is 3.61. The van der Waals surface area contributed by atoms with Crippen molar-refractivity contribution in [2.24, 2.45) is 11.3 Å². The fourth-order valence-electron chi connectivity index (χ4n) is 0.481. The molecule has 0 aromatic heterocycles. The van der Waals surface area contributed by atoms with E-state index in [2.05, 4.69) is 46.8 Å². The lowest BCUT2D eigenvalue weighted by atomic mass is 9.95. The van der Waals surface area contributed by atoms with Crippen LogP contribution < -0.4 is 0 Å². The summed E-state index contributed by atoms with van der Waals surface area (Å²) in [5.74, 6) is 0.684. The maximum Gasteiger partial charge on any atom is -0.0203 e. The van der Waals surface area contributed by atoms with Crippen LogP contribution in [0.5, 0.6) is 0 Å². The summed E-state index contributed by atoms with van der Waals surface area (Å²) in [5.41, 5.74) is 0.351. The molecule has 0 N–H and O–H groups in total. The average Bonchev–Trinajstić information content (AvgIpc) is 1.59. The minimum atomic E-state index is 0.351. The van der Waals surface area contributed by atoms with Crippen LogP contribution in [-0.4, -0.2) is 0 Å². The molecule has 0 bridgehead atoms. The van der Waals surface area contributed by atoms with E-state index in [1.165, 1.54) is 0 Å². The molecule has 0 radical (unpaired) electrons. The van der Waals surface area contributed by atoms with Gasteiger partial charge in [-0.15, -0.1) is 0 Å². The Kier molecular flexibility index (Phi) is 2.96. The van der Waals surface area contributed by atoms with Gasteiger partial charge >= 0.3 is 0 Å². The molecule has 0 rings (SSSR count). The number of hydrogen-bond donors (Lipinski definition) is 0. The Labute approximate surface area is 59.0 Å². The van der Waals surface area contributed by atoms with Crippen molar-refractivity contribution in [3.8, 4) is 0 Å². The van der Waals surface area contributed by atoms with E-state index in [0.29, 0.717) is 11.3 Å². The topological polar surface area (TPSA) is 0 Å². The van der Waals surface area contributed by atoms with E-state index in [1.54, 1.807) is 0 Å². The van der Waals surface area contributed by atoms with Crippen LogP contribution in [0.15, 0.2) is 12.2 Å². The Morgan fingerprint density at radius 2 is 1.56 bits per heavy atom. The molecule has 0 heteroatoms. The van der Waals surface area contributed by atoms with Gasteiger partial charge < -0.3 is 0 Å². The monoisotopic (exact) mass is 126 g/mol. The van der Waals surface area contributed by atoms with Gasteiger partial charge in [0.1, 0.15) is 0 Å². The van der Waals surface area contributed by atoms with E-state index in [0.717, 1.165) is 0 Å². The van der Waals surface area contributed by atoms with E-state index < -0.39 is 0 Å². The van der Waals surface area contributed by atoms with Crippen LogP contribution in [0, 0.1) is 11.3 Å². The highest BCUT2D eigenvalue weighted by Crippen LogP contribution is 2.15. The zero-order valence-corrected chi connectivity index (χ0v) is 7.23. The zero-order valence-electron chi connectivity index (χ0n) is 7.23. The molecule has 54 valence electrons. The standard InChI is InChI=1S/C9H18/c1-8(2)6-7-9(3,4)5/h6-8H,1-5H3. The summed E-state index contributed by atoms with van der Waals surface area (Å²) in [6.07, 6.45) is 4.51. The van der Waals surface area contributed by atoms with Crippen LogP contribution in [0.4, 0.5) is 0 Å². The molecule has 0 aromatic carbocycles. The van der Waals surface area contributed by atoms with Gasteiger partial charge in [-0.1, -0.05) is 46.8 Å². The van der Waals surface area contributed by atoms with Gasteiger partial charge in [-0.05, 0) is 11.3 Å². The molecular formula is C9H18. The number of allylic oxidation sites excluding steroid dienone is 2. The van der Waals surface area contributed by atoms with Gasteiger partial charge in [0.05, 0.1) is 0 Å². The summed E-state index contributed by atoms with van der Waals surface area (Å²) >= 11 is 0. The molecular weight excluding hydrogens is 108 g/mol. The molecule has 0 saturated carbocycles. The molecule has 0 unspecified atom stereocenters. The van der Waals surface area contributed by atoms with E-state index in [4.69, 9.17) is 0 Å². The van der Waals surface area contributed by atoms with Gasteiger partial charge in [-0.2, -0.15) is 0 Å². The molecule has 0 aliphatic carbocycles. The average molecular weight is 126 g/mol. The Hall–Kier alpha value is -0.260. The third-order valence-corrected chi connectivity index (χ3v) is 0.981. The van der Waals surface area contributed by atoms with Crippen molar-refractivity contribution in [2.75, 3.05) is 0 Å². The highest BCUT2D eigenvalue weighted by molar-refractivity contribution is 4.93. The molecule has 0 aromatic rings. The molecule has 0 heterocycles. The fraction of sp³-hybridized carbons (Fsp3) is 0.778. The van der Waals surface area contributed by atoms with Gasteiger partial charge in [0, 0.05) is 0 Å². The maximum atomic E-state index is 2.26. The van der Waals surface area contributed by atoms with Crippen molar-refractivity contribution in [1.82, 2.24) is 0 Å². The molecule has 9 heavy (non-hydrogen) atoms. The van der Waals surface area contributed by atoms with E-state index in [9.17, 15) is 0 Å². The predicted molar refractivity (Wildman–Crippen MR) is 43.4 cm³/mol. The SMILES string of the molecule is CC(C)C=CC(C)(C)C. The van der Waals surface area contributed by atoms with Crippen LogP contribution in [0.1, 0.15) is 34.6 Å². The first kappa shape index (κ1) is 8.74. The highest BCUT2D eigenvalue weighted by atomic mass is 14.1. The van der Waals surface area contributed by atoms with Crippen molar-refractivity contribution in [1.29, 1.82) is 0 Å². The second kappa shape index (κ2) is 3.05. The smallest absolute Gasteiger partial charge is 0.0203 e. The largest absolute Gasteiger partial charge is 0.0854 e. The molecule has 0 aliphatic heterocycles. The lowest BCUT2D eigenvalue weighted by Gasteiger charge is -2.11. The van der Waals surface area contributed by atoms with Crippen LogP contribution in [0.2, 0.25) is 0 Å². The Balaban J connectivity index is 3.71. The van der Waals surface area contributed by atoms with Crippen LogP contribution in [0.25, 0.3) is 0 Å². The quantitative estimate of drug-likeness (QED) is 0.473. The molecule has 0 fully saturated rings. The predicted octanol–water partition coefficient (Wildman–Crippen LogP) is 3.24. The minimum Gasteiger partial charge on any atom is -0.0854 e. The molecule has 0 atom stereocenters. The van der Waals surface area contributed by atoms with Crippen LogP contribution >= 0.6 is 0 Å². The number of rotatable bonds is 1. The summed E-state index contributed by atoms with van der Waals surface area (Å²) in [6, 6.07) is 0. The third kappa shape index (κ3) is 7.74. The number of hydrogen-bond acceptors (Lipinski definition) is 0. The molecule has 0 nitrogen and oxygen atoms in total. The molecule has 0 amide bonds. The fourth-order valence-corrected chi connectivity index (χ4v) is 0.481. The Morgan fingerprint density at radius 1 is 1.11 bits per heavy atom. The van der Waals surface area contributed by atoms with Crippen molar-refractivity contribution in [2.45, 2.75) is 34.6 Å². The lowest BCUT2D eigenvalue weighted by Crippen LogP contribution is -1.99. The van der Waals surface area contributed by atoms with Gasteiger partial charge in [-0.3, -0.25) is 0 Å². The summed E-state index contributed by atoms with van der Waals surface area (Å²) in [5, 5.41) is 0. The molecule has 0 spiro atoms. The highest BCUT2D eigenvalue weighted by Gasteiger charge is 2.02. The summed E-state index contributed by atoms with van der Waals surface area (Å²) in [7, 11) is 0. The lowest BCUT2D eigenvalue weighted by molar-refractivity contribution is 0.538. The maximum absolute atomic E-state index is 2.26. The zero-order chi connectivity index (χ0) is 7.49. The minimum absolute atomic E-state index is 0.351. The van der Waals surface area contributed by atoms with E-state index in [1.807, 2.05) is 0 Å². The Morgan fingerprint density at radius 3 is 1.67 bits per heavy atom. The summed E-state index contributed by atoms with van der Waals surface area (Å²) in [6.45, 7) is 11.0. The second-order valence-corrected chi connectivity index (χ2v) is 3.97.